The lowest BCUT2D eigenvalue weighted by atomic mass is 9.96. The maximum atomic E-state index is 11.4. The lowest BCUT2D eigenvalue weighted by Gasteiger charge is -2.25. The molecule has 2 rings (SSSR count). The molecule has 0 radical (unpaired) electrons. The molecule has 0 aromatic carbocycles. The Morgan fingerprint density at radius 2 is 2.38 bits per heavy atom. The fourth-order valence-electron chi connectivity index (χ4n) is 2.47. The molecule has 13 heavy (non-hydrogen) atoms. The molecule has 2 aliphatic rings. The van der Waals surface area contributed by atoms with Crippen LogP contribution in [0.15, 0.2) is 0 Å². The number of esters is 1. The lowest BCUT2D eigenvalue weighted by molar-refractivity contribution is -0.146. The molecule has 2 bridgehead atoms. The summed E-state index contributed by atoms with van der Waals surface area (Å²) in [6, 6.07) is 0.476. The molecule has 0 unspecified atom stereocenters. The molecule has 1 aliphatic carbocycles. The summed E-state index contributed by atoms with van der Waals surface area (Å²) >= 11 is 0. The number of hydrogen-bond acceptors (Lipinski definition) is 4. The van der Waals surface area contributed by atoms with E-state index in [1.807, 2.05) is 6.92 Å². The summed E-state index contributed by atoms with van der Waals surface area (Å²) in [6.45, 7) is 2.27. The van der Waals surface area contributed by atoms with Gasteiger partial charge in [0, 0.05) is 18.0 Å². The standard InChI is InChI=1S/C9H16N2O2/c1-2-13-9(12)8-6-3-5(11-8)4-7(6)10/h5-8,11H,2-4,10H2,1H3/t5-,6-,7+,8+/m1/s1. The van der Waals surface area contributed by atoms with Crippen LogP contribution in [0, 0.1) is 5.92 Å². The van der Waals surface area contributed by atoms with Crippen LogP contribution < -0.4 is 11.1 Å². The predicted molar refractivity (Wildman–Crippen MR) is 48.0 cm³/mol. The van der Waals surface area contributed by atoms with Crippen LogP contribution in [0.2, 0.25) is 0 Å². The maximum Gasteiger partial charge on any atom is 0.323 e. The van der Waals surface area contributed by atoms with E-state index in [9.17, 15) is 4.79 Å². The van der Waals surface area contributed by atoms with E-state index in [2.05, 4.69) is 5.32 Å². The zero-order chi connectivity index (χ0) is 9.42. The number of ether oxygens (including phenoxy) is 1. The highest BCUT2D eigenvalue weighted by atomic mass is 16.5. The quantitative estimate of drug-likeness (QED) is 0.575. The second-order valence-electron chi connectivity index (χ2n) is 3.89. The Kier molecular flexibility index (Phi) is 2.26. The van der Waals surface area contributed by atoms with Crippen molar-refractivity contribution in [2.45, 2.75) is 37.9 Å². The van der Waals surface area contributed by atoms with Gasteiger partial charge in [-0.1, -0.05) is 0 Å². The second kappa shape index (κ2) is 3.27. The zero-order valence-corrected chi connectivity index (χ0v) is 7.82. The highest BCUT2D eigenvalue weighted by Crippen LogP contribution is 2.34. The van der Waals surface area contributed by atoms with Gasteiger partial charge in [-0.25, -0.2) is 0 Å². The van der Waals surface area contributed by atoms with Crippen LogP contribution in [0.5, 0.6) is 0 Å². The molecule has 4 heteroatoms. The van der Waals surface area contributed by atoms with Gasteiger partial charge in [0.05, 0.1) is 6.61 Å². The predicted octanol–water partition coefficient (Wildman–Crippen LogP) is -0.373. The van der Waals surface area contributed by atoms with Gasteiger partial charge in [0.2, 0.25) is 0 Å². The van der Waals surface area contributed by atoms with Gasteiger partial charge in [0.15, 0.2) is 0 Å². The van der Waals surface area contributed by atoms with Crippen LogP contribution in [0.3, 0.4) is 0 Å². The summed E-state index contributed by atoms with van der Waals surface area (Å²) in [4.78, 5) is 11.4. The average Bonchev–Trinajstić information content (AvgIpc) is 2.62. The Labute approximate surface area is 77.8 Å². The molecular weight excluding hydrogens is 168 g/mol. The number of piperidine rings is 1. The van der Waals surface area contributed by atoms with Gasteiger partial charge in [0.1, 0.15) is 6.04 Å². The first-order chi connectivity index (χ1) is 6.22. The average molecular weight is 184 g/mol. The van der Waals surface area contributed by atoms with Gasteiger partial charge in [-0.05, 0) is 19.8 Å². The molecule has 3 N–H and O–H groups in total. The number of carbonyl (C=O) groups is 1. The van der Waals surface area contributed by atoms with Crippen molar-refractivity contribution in [2.24, 2.45) is 11.7 Å². The van der Waals surface area contributed by atoms with Crippen LogP contribution in [-0.2, 0) is 9.53 Å². The van der Waals surface area contributed by atoms with Crippen molar-refractivity contribution in [1.82, 2.24) is 5.32 Å². The van der Waals surface area contributed by atoms with Gasteiger partial charge in [-0.3, -0.25) is 4.79 Å². The Balaban J connectivity index is 1.99. The Morgan fingerprint density at radius 1 is 1.62 bits per heavy atom. The highest BCUT2D eigenvalue weighted by Gasteiger charge is 2.47. The number of nitrogens with two attached hydrogens (primary N) is 1. The first-order valence-electron chi connectivity index (χ1n) is 4.90. The number of fused-ring (bicyclic) bond motifs is 2. The molecule has 0 aromatic heterocycles. The van der Waals surface area contributed by atoms with Gasteiger partial charge < -0.3 is 15.8 Å². The molecule has 4 atom stereocenters. The molecule has 1 heterocycles. The molecule has 4 nitrogen and oxygen atoms in total. The second-order valence-corrected chi connectivity index (χ2v) is 3.89. The number of nitrogens with one attached hydrogen (secondary N) is 1. The lowest BCUT2D eigenvalue weighted by Crippen LogP contribution is -2.50. The van der Waals surface area contributed by atoms with E-state index >= 15 is 0 Å². The first-order valence-corrected chi connectivity index (χ1v) is 4.90. The zero-order valence-electron chi connectivity index (χ0n) is 7.82. The fraction of sp³-hybridized carbons (Fsp3) is 0.889. The number of carbonyl (C=O) groups excluding carboxylic acids is 1. The third kappa shape index (κ3) is 1.44. The summed E-state index contributed by atoms with van der Waals surface area (Å²) in [5.41, 5.74) is 5.90. The SMILES string of the molecule is CCOC(=O)[C@H]1N[C@@H]2C[C@@H]1[C@@H](N)C2. The van der Waals surface area contributed by atoms with E-state index in [1.165, 1.54) is 0 Å². The smallest absolute Gasteiger partial charge is 0.323 e. The fourth-order valence-corrected chi connectivity index (χ4v) is 2.47. The minimum atomic E-state index is -0.145. The van der Waals surface area contributed by atoms with E-state index in [0.717, 1.165) is 12.8 Å². The third-order valence-corrected chi connectivity index (χ3v) is 3.05. The first kappa shape index (κ1) is 8.97. The molecular formula is C9H16N2O2. The molecule has 0 aromatic rings. The van der Waals surface area contributed by atoms with E-state index < -0.39 is 0 Å². The van der Waals surface area contributed by atoms with Crippen molar-refractivity contribution in [3.8, 4) is 0 Å². The highest BCUT2D eigenvalue weighted by molar-refractivity contribution is 5.77. The third-order valence-electron chi connectivity index (χ3n) is 3.05. The van der Waals surface area contributed by atoms with Crippen LogP contribution in [0.4, 0.5) is 0 Å². The van der Waals surface area contributed by atoms with Crippen molar-refractivity contribution in [1.29, 1.82) is 0 Å². The molecule has 0 spiro atoms. The van der Waals surface area contributed by atoms with Crippen LogP contribution in [0.1, 0.15) is 19.8 Å². The van der Waals surface area contributed by atoms with Gasteiger partial charge in [-0.2, -0.15) is 0 Å². The summed E-state index contributed by atoms with van der Waals surface area (Å²) in [5, 5.41) is 3.25. The number of rotatable bonds is 2. The van der Waals surface area contributed by atoms with Crippen molar-refractivity contribution < 1.29 is 9.53 Å². The molecule has 1 saturated carbocycles. The van der Waals surface area contributed by atoms with E-state index in [0.29, 0.717) is 18.6 Å². The Hall–Kier alpha value is -0.610. The summed E-state index contributed by atoms with van der Waals surface area (Å²) in [7, 11) is 0. The van der Waals surface area contributed by atoms with Gasteiger partial charge in [0.25, 0.3) is 0 Å². The summed E-state index contributed by atoms with van der Waals surface area (Å²) < 4.78 is 4.97. The van der Waals surface area contributed by atoms with Crippen molar-refractivity contribution in [3.05, 3.63) is 0 Å². The Bertz CT molecular complexity index is 220. The molecule has 0 amide bonds. The van der Waals surface area contributed by atoms with Crippen molar-refractivity contribution in [3.63, 3.8) is 0 Å². The van der Waals surface area contributed by atoms with E-state index in [4.69, 9.17) is 10.5 Å². The Morgan fingerprint density at radius 3 is 2.92 bits per heavy atom. The minimum Gasteiger partial charge on any atom is -0.465 e. The van der Waals surface area contributed by atoms with Crippen LogP contribution in [-0.4, -0.2) is 30.7 Å². The van der Waals surface area contributed by atoms with Crippen LogP contribution in [0.25, 0.3) is 0 Å². The minimum absolute atomic E-state index is 0.134. The van der Waals surface area contributed by atoms with Crippen LogP contribution >= 0.6 is 0 Å². The normalized spacial score (nSPS) is 42.3. The topological polar surface area (TPSA) is 64.3 Å². The molecule has 1 aliphatic heterocycles. The van der Waals surface area contributed by atoms with E-state index in [1.54, 1.807) is 0 Å². The van der Waals surface area contributed by atoms with E-state index in [-0.39, 0.29) is 18.1 Å². The summed E-state index contributed by atoms with van der Waals surface area (Å²) in [5.74, 6) is 0.161. The summed E-state index contributed by atoms with van der Waals surface area (Å²) in [6.07, 6.45) is 2.03. The number of hydrogen-bond donors (Lipinski definition) is 2. The molecule has 1 saturated heterocycles. The molecule has 74 valence electrons. The van der Waals surface area contributed by atoms with Gasteiger partial charge in [-0.15, -0.1) is 0 Å². The van der Waals surface area contributed by atoms with Gasteiger partial charge >= 0.3 is 5.97 Å². The molecule has 2 fully saturated rings. The maximum absolute atomic E-state index is 11.4. The monoisotopic (exact) mass is 184 g/mol. The largest absolute Gasteiger partial charge is 0.465 e. The van der Waals surface area contributed by atoms with Crippen molar-refractivity contribution in [2.75, 3.05) is 6.61 Å². The van der Waals surface area contributed by atoms with Crippen molar-refractivity contribution >= 4 is 5.97 Å².